The van der Waals surface area contributed by atoms with Crippen molar-refractivity contribution in [3.63, 3.8) is 0 Å². The Morgan fingerprint density at radius 3 is 2.32 bits per heavy atom. The molecule has 1 atom stereocenters. The Morgan fingerprint density at radius 2 is 1.71 bits per heavy atom. The summed E-state index contributed by atoms with van der Waals surface area (Å²) in [6.07, 6.45) is -4.62. The van der Waals surface area contributed by atoms with Gasteiger partial charge in [-0.25, -0.2) is 0 Å². The molecule has 166 valence electrons. The van der Waals surface area contributed by atoms with Crippen molar-refractivity contribution < 1.29 is 27.6 Å². The van der Waals surface area contributed by atoms with E-state index in [9.17, 15) is 27.6 Å². The lowest BCUT2D eigenvalue weighted by Gasteiger charge is -2.37. The van der Waals surface area contributed by atoms with Gasteiger partial charge in [0.15, 0.2) is 0 Å². The van der Waals surface area contributed by atoms with Gasteiger partial charge in [-0.3, -0.25) is 19.3 Å². The Bertz CT molecular complexity index is 984. The highest BCUT2D eigenvalue weighted by atomic mass is 32.1. The Labute approximate surface area is 180 Å². The monoisotopic (exact) mass is 454 g/mol. The number of alkyl halides is 3. The fourth-order valence-electron chi connectivity index (χ4n) is 3.38. The fourth-order valence-corrected chi connectivity index (χ4v) is 4.18. The van der Waals surface area contributed by atoms with Crippen molar-refractivity contribution in [2.75, 3.05) is 31.5 Å². The van der Waals surface area contributed by atoms with Gasteiger partial charge in [0, 0.05) is 26.2 Å². The molecule has 1 fully saturated rings. The van der Waals surface area contributed by atoms with Crippen LogP contribution in [0.5, 0.6) is 0 Å². The molecule has 0 aliphatic carbocycles. The van der Waals surface area contributed by atoms with E-state index in [0.717, 1.165) is 6.07 Å². The highest BCUT2D eigenvalue weighted by Gasteiger charge is 2.37. The van der Waals surface area contributed by atoms with Crippen LogP contribution in [-0.2, 0) is 11.0 Å². The van der Waals surface area contributed by atoms with E-state index in [-0.39, 0.29) is 30.1 Å². The maximum atomic E-state index is 13.2. The summed E-state index contributed by atoms with van der Waals surface area (Å²) in [5.74, 6) is -1.67. The molecule has 2 heterocycles. The molecule has 0 saturated carbocycles. The summed E-state index contributed by atoms with van der Waals surface area (Å²) >= 11 is 1.18. The predicted octanol–water partition coefficient (Wildman–Crippen LogP) is 2.65. The first-order valence-corrected chi connectivity index (χ1v) is 10.3. The summed E-state index contributed by atoms with van der Waals surface area (Å²) in [5.41, 5.74) is 4.16. The highest BCUT2D eigenvalue weighted by Crippen LogP contribution is 2.32. The maximum absolute atomic E-state index is 13.2. The Hall–Kier alpha value is -2.92. The first-order valence-electron chi connectivity index (χ1n) is 9.47. The predicted molar refractivity (Wildman–Crippen MR) is 110 cm³/mol. The van der Waals surface area contributed by atoms with Crippen molar-refractivity contribution in [2.45, 2.75) is 19.1 Å². The van der Waals surface area contributed by atoms with Gasteiger partial charge in [-0.15, -0.1) is 11.3 Å². The lowest BCUT2D eigenvalue weighted by atomic mass is 10.1. The van der Waals surface area contributed by atoms with Crippen molar-refractivity contribution in [1.29, 1.82) is 0 Å². The van der Waals surface area contributed by atoms with Crippen LogP contribution in [0.25, 0.3) is 0 Å². The lowest BCUT2D eigenvalue weighted by molar-refractivity contribution is -0.138. The number of piperazine rings is 1. The minimum Gasteiger partial charge on any atom is -0.366 e. The number of anilines is 1. The number of halogens is 3. The number of carbonyl (C=O) groups is 3. The number of hydrogen-bond acceptors (Lipinski definition) is 5. The quantitative estimate of drug-likeness (QED) is 0.726. The second-order valence-corrected chi connectivity index (χ2v) is 7.98. The Morgan fingerprint density at radius 1 is 1.06 bits per heavy atom. The number of nitrogens with two attached hydrogens (primary N) is 1. The van der Waals surface area contributed by atoms with Gasteiger partial charge in [0.05, 0.1) is 22.7 Å². The van der Waals surface area contributed by atoms with Crippen LogP contribution in [0, 0.1) is 0 Å². The summed E-state index contributed by atoms with van der Waals surface area (Å²) in [4.78, 5) is 39.8. The van der Waals surface area contributed by atoms with Crippen LogP contribution in [0.1, 0.15) is 33.2 Å². The molecular weight excluding hydrogens is 433 g/mol. The van der Waals surface area contributed by atoms with Crippen molar-refractivity contribution in [1.82, 2.24) is 9.80 Å². The van der Waals surface area contributed by atoms with Crippen LogP contribution in [0.4, 0.5) is 18.2 Å². The van der Waals surface area contributed by atoms with E-state index in [1.807, 2.05) is 4.90 Å². The largest absolute Gasteiger partial charge is 0.417 e. The molecule has 1 aromatic heterocycles. The third-order valence-corrected chi connectivity index (χ3v) is 5.99. The van der Waals surface area contributed by atoms with Gasteiger partial charge >= 0.3 is 6.18 Å². The molecule has 31 heavy (non-hydrogen) atoms. The molecule has 1 aliphatic heterocycles. The van der Waals surface area contributed by atoms with Crippen LogP contribution >= 0.6 is 11.3 Å². The standard InChI is InChI=1S/C20H21F3N4O3S/c1-12(17(29)25-18-14(16(24)28)6-11-31-18)26-7-9-27(10-8-26)19(30)13-4-2-3-5-15(13)20(21,22)23/h2-6,11-12H,7-10H2,1H3,(H2,24,28)(H,25,29). The number of amides is 3. The molecule has 1 aromatic carbocycles. The Balaban J connectivity index is 1.62. The third-order valence-electron chi connectivity index (χ3n) is 5.16. The zero-order chi connectivity index (χ0) is 22.8. The zero-order valence-electron chi connectivity index (χ0n) is 16.6. The number of benzene rings is 1. The van der Waals surface area contributed by atoms with E-state index in [1.165, 1.54) is 40.5 Å². The summed E-state index contributed by atoms with van der Waals surface area (Å²) in [7, 11) is 0. The lowest BCUT2D eigenvalue weighted by Crippen LogP contribution is -2.54. The molecule has 3 rings (SSSR count). The summed E-state index contributed by atoms with van der Waals surface area (Å²) < 4.78 is 39.6. The van der Waals surface area contributed by atoms with Crippen LogP contribution in [0.15, 0.2) is 35.7 Å². The van der Waals surface area contributed by atoms with Gasteiger partial charge in [-0.1, -0.05) is 12.1 Å². The topological polar surface area (TPSA) is 95.7 Å². The SMILES string of the molecule is CC(C(=O)Nc1sccc1C(N)=O)N1CCN(C(=O)c2ccccc2C(F)(F)F)CC1. The molecule has 3 N–H and O–H groups in total. The van der Waals surface area contributed by atoms with E-state index in [1.54, 1.807) is 12.3 Å². The van der Waals surface area contributed by atoms with E-state index in [2.05, 4.69) is 5.32 Å². The maximum Gasteiger partial charge on any atom is 0.417 e. The zero-order valence-corrected chi connectivity index (χ0v) is 17.4. The number of primary amides is 1. The van der Waals surface area contributed by atoms with E-state index < -0.39 is 29.6 Å². The molecule has 1 aliphatic rings. The minimum absolute atomic E-state index is 0.189. The average Bonchev–Trinajstić information content (AvgIpc) is 3.20. The van der Waals surface area contributed by atoms with Crippen LogP contribution in [-0.4, -0.2) is 59.7 Å². The van der Waals surface area contributed by atoms with Crippen molar-refractivity contribution in [2.24, 2.45) is 5.73 Å². The fraction of sp³-hybridized carbons (Fsp3) is 0.350. The first kappa shape index (κ1) is 22.8. The molecule has 0 bridgehead atoms. The highest BCUT2D eigenvalue weighted by molar-refractivity contribution is 7.14. The van der Waals surface area contributed by atoms with Crippen LogP contribution in [0.2, 0.25) is 0 Å². The molecule has 3 amide bonds. The van der Waals surface area contributed by atoms with Gasteiger partial charge in [0.25, 0.3) is 11.8 Å². The number of nitrogens with zero attached hydrogens (tertiary/aromatic N) is 2. The van der Waals surface area contributed by atoms with Gasteiger partial charge < -0.3 is 16.0 Å². The molecule has 0 radical (unpaired) electrons. The summed E-state index contributed by atoms with van der Waals surface area (Å²) in [6, 6.07) is 5.66. The minimum atomic E-state index is -4.62. The summed E-state index contributed by atoms with van der Waals surface area (Å²) in [5, 5.41) is 4.69. The second kappa shape index (κ2) is 9.06. The second-order valence-electron chi connectivity index (χ2n) is 7.06. The summed E-state index contributed by atoms with van der Waals surface area (Å²) in [6.45, 7) is 2.70. The van der Waals surface area contributed by atoms with Crippen LogP contribution < -0.4 is 11.1 Å². The smallest absolute Gasteiger partial charge is 0.366 e. The molecule has 11 heteroatoms. The third kappa shape index (κ3) is 5.05. The first-order chi connectivity index (χ1) is 14.6. The van der Waals surface area contributed by atoms with E-state index >= 15 is 0 Å². The van der Waals surface area contributed by atoms with Crippen molar-refractivity contribution >= 4 is 34.1 Å². The van der Waals surface area contributed by atoms with E-state index in [0.29, 0.717) is 18.1 Å². The van der Waals surface area contributed by atoms with E-state index in [4.69, 9.17) is 5.73 Å². The number of hydrogen-bond donors (Lipinski definition) is 2. The van der Waals surface area contributed by atoms with Gasteiger partial charge in [0.1, 0.15) is 5.00 Å². The number of rotatable bonds is 5. The average molecular weight is 454 g/mol. The Kier molecular flexibility index (Phi) is 6.65. The molecule has 0 spiro atoms. The van der Waals surface area contributed by atoms with Crippen LogP contribution in [0.3, 0.4) is 0 Å². The van der Waals surface area contributed by atoms with Gasteiger partial charge in [-0.05, 0) is 30.5 Å². The number of carbonyl (C=O) groups excluding carboxylic acids is 3. The molecule has 7 nitrogen and oxygen atoms in total. The number of thiophene rings is 1. The van der Waals surface area contributed by atoms with Crippen molar-refractivity contribution in [3.8, 4) is 0 Å². The molecule has 1 saturated heterocycles. The molecular formula is C20H21F3N4O3S. The van der Waals surface area contributed by atoms with Crippen molar-refractivity contribution in [3.05, 3.63) is 52.4 Å². The molecule has 2 aromatic rings. The van der Waals surface area contributed by atoms with Gasteiger partial charge in [-0.2, -0.15) is 13.2 Å². The molecule has 1 unspecified atom stereocenters. The number of nitrogens with one attached hydrogen (secondary N) is 1. The normalized spacial score (nSPS) is 16.1. The van der Waals surface area contributed by atoms with Gasteiger partial charge in [0.2, 0.25) is 5.91 Å².